The number of ether oxygens (including phenoxy) is 1. The fourth-order valence-electron chi connectivity index (χ4n) is 5.86. The zero-order valence-corrected chi connectivity index (χ0v) is 24.1. The molecule has 2 atom stereocenters. The van der Waals surface area contributed by atoms with Gasteiger partial charge < -0.3 is 19.5 Å². The van der Waals surface area contributed by atoms with Crippen molar-refractivity contribution in [2.75, 3.05) is 4.90 Å². The van der Waals surface area contributed by atoms with E-state index in [0.717, 1.165) is 17.1 Å². The Morgan fingerprint density at radius 1 is 0.921 bits per heavy atom. The van der Waals surface area contributed by atoms with Crippen LogP contribution in [0.15, 0.2) is 66.9 Å². The number of hydrogen-bond donors (Lipinski definition) is 1. The normalized spacial score (nSPS) is 17.3. The number of nitrogens with zero attached hydrogens (tertiary/aromatic N) is 3. The van der Waals surface area contributed by atoms with E-state index >= 15 is 0 Å². The molecule has 4 aromatic rings. The van der Waals surface area contributed by atoms with E-state index in [1.807, 2.05) is 44.3 Å². The first-order chi connectivity index (χ1) is 18.2. The topological polar surface area (TPSA) is 42.3 Å². The second-order valence-corrected chi connectivity index (χ2v) is 11.0. The first-order valence-corrected chi connectivity index (χ1v) is 13.6. The summed E-state index contributed by atoms with van der Waals surface area (Å²) in [6.07, 6.45) is 1.97. The molecule has 1 aliphatic heterocycles. The van der Waals surface area contributed by atoms with Crippen LogP contribution in [0.4, 0.5) is 5.69 Å². The molecule has 2 aromatic carbocycles. The van der Waals surface area contributed by atoms with Crippen molar-refractivity contribution >= 4 is 23.0 Å². The molecular weight excluding hydrogens is 488 g/mol. The van der Waals surface area contributed by atoms with Crippen molar-refractivity contribution in [3.05, 3.63) is 106 Å². The van der Waals surface area contributed by atoms with Crippen LogP contribution in [0.3, 0.4) is 0 Å². The molecule has 0 aliphatic carbocycles. The molecule has 1 N–H and O–H groups in total. The van der Waals surface area contributed by atoms with Crippen molar-refractivity contribution in [3.8, 4) is 11.4 Å². The molecule has 6 heteroatoms. The summed E-state index contributed by atoms with van der Waals surface area (Å²) in [5.41, 5.74) is 10.7. The average Bonchev–Trinajstić information content (AvgIpc) is 3.35. The molecule has 0 spiro atoms. The maximum absolute atomic E-state index is 5.96. The third kappa shape index (κ3) is 4.69. The summed E-state index contributed by atoms with van der Waals surface area (Å²) in [6.45, 7) is 15.0. The van der Waals surface area contributed by atoms with Crippen molar-refractivity contribution in [3.63, 3.8) is 0 Å². The van der Waals surface area contributed by atoms with Gasteiger partial charge in [0.1, 0.15) is 5.75 Å². The molecule has 2 aromatic heterocycles. The summed E-state index contributed by atoms with van der Waals surface area (Å²) < 4.78 is 8.30. The maximum Gasteiger partial charge on any atom is 0.174 e. The lowest BCUT2D eigenvalue weighted by Gasteiger charge is -2.28. The number of hydrogen-bond acceptors (Lipinski definition) is 3. The largest absolute Gasteiger partial charge is 0.491 e. The van der Waals surface area contributed by atoms with E-state index in [2.05, 4.69) is 85.8 Å². The number of benzene rings is 2. The van der Waals surface area contributed by atoms with Gasteiger partial charge in [-0.3, -0.25) is 4.98 Å². The Morgan fingerprint density at radius 2 is 1.61 bits per heavy atom. The van der Waals surface area contributed by atoms with Crippen molar-refractivity contribution in [2.45, 2.75) is 66.7 Å². The maximum atomic E-state index is 5.96. The molecule has 0 radical (unpaired) electrons. The van der Waals surface area contributed by atoms with Crippen molar-refractivity contribution < 1.29 is 4.74 Å². The number of aromatic nitrogens is 2. The first-order valence-electron chi connectivity index (χ1n) is 13.2. The molecule has 1 saturated heterocycles. The first kappa shape index (κ1) is 26.0. The number of rotatable bonds is 6. The van der Waals surface area contributed by atoms with Crippen LogP contribution in [0.5, 0.6) is 5.75 Å². The van der Waals surface area contributed by atoms with Gasteiger partial charge in [-0.15, -0.1) is 0 Å². The highest BCUT2D eigenvalue weighted by Gasteiger charge is 2.42. The van der Waals surface area contributed by atoms with Gasteiger partial charge in [-0.05, 0) is 120 Å². The molecule has 1 aliphatic rings. The van der Waals surface area contributed by atoms with Crippen LogP contribution < -0.4 is 15.0 Å². The van der Waals surface area contributed by atoms with Crippen LogP contribution in [0.1, 0.15) is 65.3 Å². The fraction of sp³-hybridized carbons (Fsp3) is 0.312. The van der Waals surface area contributed by atoms with Crippen molar-refractivity contribution in [2.24, 2.45) is 0 Å². The van der Waals surface area contributed by atoms with E-state index < -0.39 is 0 Å². The number of pyridine rings is 1. The van der Waals surface area contributed by atoms with Crippen LogP contribution in [0.2, 0.25) is 0 Å². The molecular formula is C32H36N4OS. The van der Waals surface area contributed by atoms with Crippen LogP contribution >= 0.6 is 12.2 Å². The van der Waals surface area contributed by atoms with Gasteiger partial charge in [-0.25, -0.2) is 0 Å². The van der Waals surface area contributed by atoms with E-state index in [4.69, 9.17) is 21.9 Å². The molecule has 38 heavy (non-hydrogen) atoms. The zero-order valence-electron chi connectivity index (χ0n) is 23.2. The van der Waals surface area contributed by atoms with Crippen LogP contribution in [-0.2, 0) is 0 Å². The zero-order chi connectivity index (χ0) is 27.1. The number of aryl methyl sites for hydroxylation is 4. The van der Waals surface area contributed by atoms with E-state index in [-0.39, 0.29) is 18.2 Å². The van der Waals surface area contributed by atoms with Gasteiger partial charge in [-0.1, -0.05) is 23.8 Å². The lowest BCUT2D eigenvalue weighted by molar-refractivity contribution is 0.242. The molecule has 0 saturated carbocycles. The number of nitrogens with one attached hydrogen (secondary N) is 1. The lowest BCUT2D eigenvalue weighted by atomic mass is 9.96. The molecule has 0 unspecified atom stereocenters. The monoisotopic (exact) mass is 524 g/mol. The fourth-order valence-corrected chi connectivity index (χ4v) is 6.21. The van der Waals surface area contributed by atoms with Crippen LogP contribution in [0, 0.1) is 34.6 Å². The predicted molar refractivity (Wildman–Crippen MR) is 160 cm³/mol. The quantitative estimate of drug-likeness (QED) is 0.267. The Kier molecular flexibility index (Phi) is 7.01. The van der Waals surface area contributed by atoms with Gasteiger partial charge in [-0.2, -0.15) is 0 Å². The third-order valence-electron chi connectivity index (χ3n) is 7.23. The van der Waals surface area contributed by atoms with Gasteiger partial charge in [0.25, 0.3) is 0 Å². The Morgan fingerprint density at radius 3 is 2.21 bits per heavy atom. The average molecular weight is 525 g/mol. The summed E-state index contributed by atoms with van der Waals surface area (Å²) >= 11 is 5.96. The van der Waals surface area contributed by atoms with Gasteiger partial charge >= 0.3 is 0 Å². The summed E-state index contributed by atoms with van der Waals surface area (Å²) in [7, 11) is 0. The minimum Gasteiger partial charge on any atom is -0.491 e. The van der Waals surface area contributed by atoms with Gasteiger partial charge in [0.15, 0.2) is 5.11 Å². The van der Waals surface area contributed by atoms with Gasteiger partial charge in [0.2, 0.25) is 0 Å². The minimum atomic E-state index is -0.0931. The molecule has 5 nitrogen and oxygen atoms in total. The van der Waals surface area contributed by atoms with Crippen molar-refractivity contribution in [1.82, 2.24) is 14.9 Å². The number of anilines is 1. The van der Waals surface area contributed by atoms with E-state index in [0.29, 0.717) is 5.11 Å². The van der Waals surface area contributed by atoms with E-state index in [1.165, 1.54) is 39.3 Å². The second kappa shape index (κ2) is 10.3. The van der Waals surface area contributed by atoms with Crippen molar-refractivity contribution in [1.29, 1.82) is 0 Å². The highest BCUT2D eigenvalue weighted by atomic mass is 32.1. The lowest BCUT2D eigenvalue weighted by Crippen LogP contribution is -2.29. The third-order valence-corrected chi connectivity index (χ3v) is 7.55. The van der Waals surface area contributed by atoms with Crippen LogP contribution in [-0.4, -0.2) is 20.8 Å². The van der Waals surface area contributed by atoms with Gasteiger partial charge in [0, 0.05) is 23.3 Å². The van der Waals surface area contributed by atoms with Crippen LogP contribution in [0.25, 0.3) is 5.69 Å². The molecule has 1 fully saturated rings. The van der Waals surface area contributed by atoms with Gasteiger partial charge in [0.05, 0.1) is 29.6 Å². The summed E-state index contributed by atoms with van der Waals surface area (Å²) in [5, 5.41) is 4.28. The highest BCUT2D eigenvalue weighted by Crippen LogP contribution is 2.44. The smallest absolute Gasteiger partial charge is 0.174 e. The molecule has 0 amide bonds. The SMILES string of the molecule is Cc1cc(C)c(-n2c(C)cc([C@H]3[C@H](c4ccccn4)NC(=S)N3c3ccc(OC(C)C)cc3)c2C)c(C)c1. The molecule has 196 valence electrons. The van der Waals surface area contributed by atoms with E-state index in [9.17, 15) is 0 Å². The Labute approximate surface area is 231 Å². The Hall–Kier alpha value is -3.64. The predicted octanol–water partition coefficient (Wildman–Crippen LogP) is 7.38. The second-order valence-electron chi connectivity index (χ2n) is 10.6. The Bertz CT molecular complexity index is 1450. The minimum absolute atomic E-state index is 0.0692. The number of thiocarbonyl (C=S) groups is 1. The van der Waals surface area contributed by atoms with E-state index in [1.54, 1.807) is 0 Å². The summed E-state index contributed by atoms with van der Waals surface area (Å²) in [4.78, 5) is 6.96. The standard InChI is InChI=1S/C32H36N4OS/c1-19(2)37-26-13-11-25(12-14-26)36-31(29(34-32(36)38)28-10-8-9-15-33-28)27-18-23(6)35(24(27)7)30-21(4)16-20(3)17-22(30)5/h8-19,29,31H,1-7H3,(H,34,38)/t29-,31-/m0/s1. The summed E-state index contributed by atoms with van der Waals surface area (Å²) in [5.74, 6) is 0.850. The Balaban J connectivity index is 1.66. The molecule has 5 rings (SSSR count). The molecule has 0 bridgehead atoms. The highest BCUT2D eigenvalue weighted by molar-refractivity contribution is 7.80. The summed E-state index contributed by atoms with van der Waals surface area (Å²) in [6, 6.07) is 20.9. The molecule has 3 heterocycles.